The van der Waals surface area contributed by atoms with E-state index in [0.717, 1.165) is 5.57 Å². The highest BCUT2D eigenvalue weighted by Crippen LogP contribution is 2.70. The van der Waals surface area contributed by atoms with Gasteiger partial charge in [0, 0.05) is 47.1 Å². The van der Waals surface area contributed by atoms with Crippen molar-refractivity contribution in [1.82, 2.24) is 0 Å². The third-order valence-corrected chi connectivity index (χ3v) is 10.9. The van der Waals surface area contributed by atoms with Crippen LogP contribution < -0.4 is 9.47 Å². The zero-order valence-electron chi connectivity index (χ0n) is 27.2. The van der Waals surface area contributed by atoms with Crippen LogP contribution in [0.15, 0.2) is 34.9 Å². The summed E-state index contributed by atoms with van der Waals surface area (Å²) in [4.78, 5) is 42.0. The molecule has 0 radical (unpaired) electrons. The summed E-state index contributed by atoms with van der Waals surface area (Å²) in [6, 6.07) is 0. The molecule has 6 aliphatic rings. The van der Waals surface area contributed by atoms with Gasteiger partial charge in [0.2, 0.25) is 5.78 Å². The average molecular weight is 607 g/mol. The molecule has 9 nitrogen and oxygen atoms in total. The minimum absolute atomic E-state index is 0.0547. The summed E-state index contributed by atoms with van der Waals surface area (Å²) in [5.74, 6) is -1.29. The quantitative estimate of drug-likeness (QED) is 0.263. The molecule has 3 heterocycles. The van der Waals surface area contributed by atoms with Crippen LogP contribution in [-0.2, 0) is 35.6 Å². The number of phenolic OH excluding ortho intramolecular Hbond substituents is 1. The molecule has 1 saturated heterocycles. The molecule has 44 heavy (non-hydrogen) atoms. The Morgan fingerprint density at radius 3 is 2.39 bits per heavy atom. The summed E-state index contributed by atoms with van der Waals surface area (Å²) in [7, 11) is 2.74. The van der Waals surface area contributed by atoms with E-state index in [9.17, 15) is 19.5 Å². The van der Waals surface area contributed by atoms with Crippen molar-refractivity contribution in [3.05, 3.63) is 51.6 Å². The van der Waals surface area contributed by atoms with Crippen LogP contribution in [0.1, 0.15) is 89.7 Å². The topological polar surface area (TPSA) is 118 Å². The molecule has 1 aromatic carbocycles. The smallest absolute Gasteiger partial charge is 0.333 e. The number of methoxy groups -OCH3 is 2. The molecule has 3 aliphatic carbocycles. The Kier molecular flexibility index (Phi) is 6.46. The minimum atomic E-state index is -1.71. The first-order valence-electron chi connectivity index (χ1n) is 15.2. The summed E-state index contributed by atoms with van der Waals surface area (Å²) in [5, 5.41) is 11.8. The van der Waals surface area contributed by atoms with Crippen LogP contribution in [0.2, 0.25) is 0 Å². The van der Waals surface area contributed by atoms with Gasteiger partial charge < -0.3 is 28.8 Å². The molecule has 5 atom stereocenters. The van der Waals surface area contributed by atoms with Gasteiger partial charge in [-0.2, -0.15) is 0 Å². The maximum absolute atomic E-state index is 14.9. The van der Waals surface area contributed by atoms with Crippen molar-refractivity contribution >= 4 is 17.5 Å². The van der Waals surface area contributed by atoms with Crippen LogP contribution in [0.3, 0.4) is 0 Å². The fraction of sp³-hybridized carbons (Fsp3) is 0.571. The summed E-state index contributed by atoms with van der Waals surface area (Å²) < 4.78 is 31.3. The SMILES string of the molecule is COC(=O)/C(C)=C/C[C@@]12OC(C)(C)[C@@H]3C[C@](OC)(C=C4C(=O)c5c(O)c(CC=C(C)C)c6c(c5O[C@]431)C(C)(C)[C@@H](C)O6)C2=O. The first-order chi connectivity index (χ1) is 20.5. The highest BCUT2D eigenvalue weighted by Gasteiger charge is 2.84. The lowest BCUT2D eigenvalue weighted by atomic mass is 9.49. The fourth-order valence-electron chi connectivity index (χ4n) is 8.18. The minimum Gasteiger partial charge on any atom is -0.507 e. The van der Waals surface area contributed by atoms with Crippen molar-refractivity contribution < 1.29 is 43.2 Å². The molecule has 4 bridgehead atoms. The molecule has 1 N–H and O–H groups in total. The highest BCUT2D eigenvalue weighted by atomic mass is 16.6. The Labute approximate surface area is 258 Å². The van der Waals surface area contributed by atoms with E-state index in [4.69, 9.17) is 23.7 Å². The second kappa shape index (κ2) is 9.30. The lowest BCUT2D eigenvalue weighted by Crippen LogP contribution is -2.77. The van der Waals surface area contributed by atoms with Gasteiger partial charge >= 0.3 is 5.97 Å². The monoisotopic (exact) mass is 606 g/mol. The van der Waals surface area contributed by atoms with Crippen molar-refractivity contribution in [3.8, 4) is 17.2 Å². The lowest BCUT2D eigenvalue weighted by Gasteiger charge is -2.59. The molecule has 7 rings (SSSR count). The highest BCUT2D eigenvalue weighted by molar-refractivity contribution is 6.20. The van der Waals surface area contributed by atoms with Gasteiger partial charge in [-0.1, -0.05) is 31.6 Å². The van der Waals surface area contributed by atoms with Gasteiger partial charge in [-0.15, -0.1) is 0 Å². The molecule has 0 aromatic heterocycles. The molecule has 9 heteroatoms. The van der Waals surface area contributed by atoms with Gasteiger partial charge in [-0.05, 0) is 60.5 Å². The van der Waals surface area contributed by atoms with Crippen molar-refractivity contribution in [3.63, 3.8) is 0 Å². The predicted molar refractivity (Wildman–Crippen MR) is 161 cm³/mol. The summed E-state index contributed by atoms with van der Waals surface area (Å²) in [6.45, 7) is 15.3. The number of Topliss-reactive ketones (excluding diaryl/α,β-unsaturated/α-hetero) is 2. The zero-order chi connectivity index (χ0) is 32.4. The molecule has 236 valence electrons. The predicted octanol–water partition coefficient (Wildman–Crippen LogP) is 5.24. The molecule has 3 aliphatic heterocycles. The van der Waals surface area contributed by atoms with Gasteiger partial charge in [-0.25, -0.2) is 4.79 Å². The number of phenols is 1. The van der Waals surface area contributed by atoms with Crippen molar-refractivity contribution in [2.24, 2.45) is 5.92 Å². The number of esters is 1. The Morgan fingerprint density at radius 1 is 1.09 bits per heavy atom. The largest absolute Gasteiger partial charge is 0.507 e. The van der Waals surface area contributed by atoms with E-state index in [1.807, 2.05) is 54.5 Å². The van der Waals surface area contributed by atoms with E-state index in [-0.39, 0.29) is 47.4 Å². The van der Waals surface area contributed by atoms with Gasteiger partial charge in [0.15, 0.2) is 17.0 Å². The second-order valence-corrected chi connectivity index (χ2v) is 14.2. The Morgan fingerprint density at radius 2 is 1.77 bits per heavy atom. The summed E-state index contributed by atoms with van der Waals surface area (Å²) in [6.07, 6.45) is 5.45. The Bertz CT molecular complexity index is 1620. The maximum atomic E-state index is 14.9. The van der Waals surface area contributed by atoms with Crippen LogP contribution >= 0.6 is 0 Å². The van der Waals surface area contributed by atoms with Gasteiger partial charge in [-0.3, -0.25) is 9.59 Å². The fourth-order valence-corrected chi connectivity index (χ4v) is 8.18. The average Bonchev–Trinajstić information content (AvgIpc) is 3.29. The van der Waals surface area contributed by atoms with E-state index < -0.39 is 45.5 Å². The second-order valence-electron chi connectivity index (χ2n) is 14.2. The molecule has 1 aromatic rings. The number of ketones is 2. The zero-order valence-corrected chi connectivity index (χ0v) is 27.2. The molecule has 1 spiro atoms. The lowest BCUT2D eigenvalue weighted by molar-refractivity contribution is -0.190. The molecule has 0 unspecified atom stereocenters. The number of carbonyl (C=O) groups is 3. The number of aromatic hydroxyl groups is 1. The third-order valence-electron chi connectivity index (χ3n) is 10.9. The normalized spacial score (nSPS) is 33.5. The maximum Gasteiger partial charge on any atom is 0.333 e. The van der Waals surface area contributed by atoms with E-state index >= 15 is 0 Å². The molecule has 2 fully saturated rings. The van der Waals surface area contributed by atoms with Crippen LogP contribution in [0.25, 0.3) is 0 Å². The molecule has 0 amide bonds. The van der Waals surface area contributed by atoms with Gasteiger partial charge in [0.1, 0.15) is 34.5 Å². The number of ether oxygens (including phenoxy) is 5. The van der Waals surface area contributed by atoms with E-state index in [1.165, 1.54) is 14.2 Å². The van der Waals surface area contributed by atoms with Crippen LogP contribution in [-0.4, -0.2) is 65.4 Å². The Balaban J connectivity index is 1.68. The number of benzene rings is 1. The van der Waals surface area contributed by atoms with Crippen molar-refractivity contribution in [1.29, 1.82) is 0 Å². The summed E-state index contributed by atoms with van der Waals surface area (Å²) >= 11 is 0. The van der Waals surface area contributed by atoms with Crippen LogP contribution in [0.4, 0.5) is 0 Å². The number of hydrogen-bond acceptors (Lipinski definition) is 9. The van der Waals surface area contributed by atoms with Crippen molar-refractivity contribution in [2.75, 3.05) is 14.2 Å². The van der Waals surface area contributed by atoms with Gasteiger partial charge in [0.05, 0.1) is 12.7 Å². The van der Waals surface area contributed by atoms with Gasteiger partial charge in [0.25, 0.3) is 0 Å². The molecular weight excluding hydrogens is 564 g/mol. The first-order valence-corrected chi connectivity index (χ1v) is 15.2. The van der Waals surface area contributed by atoms with E-state index in [2.05, 4.69) is 0 Å². The first kappa shape index (κ1) is 30.6. The van der Waals surface area contributed by atoms with Crippen LogP contribution in [0.5, 0.6) is 17.2 Å². The molecular formula is C35H42O9. The number of carbonyl (C=O) groups excluding carboxylic acids is 3. The number of rotatable bonds is 6. The Hall–Kier alpha value is -3.43. The standard InChI is InChI=1S/C35H42O9/c1-17(2)11-12-20-25(36)23-26(37)21-15-33(41-10)16-22-32(7,8)44-34(30(33)39,14-13-18(3)29(38)40-9)35(21,22)43-28(23)24-27(20)42-19(4)31(24,5)6/h11,13,15,19,22,36H,12,14,16H2,1-10H3/b18-13+/t19-,22+,33-,34+,35-/m1/s1. The number of hydrogen-bond donors (Lipinski definition) is 1. The molecule has 1 saturated carbocycles. The number of allylic oxidation sites excluding steroid dienone is 2. The number of fused-ring (bicyclic) bond motifs is 3. The summed E-state index contributed by atoms with van der Waals surface area (Å²) in [5.41, 5.74) is -3.38. The van der Waals surface area contributed by atoms with Crippen molar-refractivity contribution in [2.45, 2.75) is 109 Å². The van der Waals surface area contributed by atoms with Crippen LogP contribution in [0, 0.1) is 5.92 Å². The third kappa shape index (κ3) is 3.51. The van der Waals surface area contributed by atoms with E-state index in [0.29, 0.717) is 28.9 Å². The van der Waals surface area contributed by atoms with E-state index in [1.54, 1.807) is 19.1 Å².